The van der Waals surface area contributed by atoms with E-state index in [-0.39, 0.29) is 0 Å². The highest BCUT2D eigenvalue weighted by molar-refractivity contribution is 5.80. The van der Waals surface area contributed by atoms with Gasteiger partial charge >= 0.3 is 6.18 Å². The van der Waals surface area contributed by atoms with Gasteiger partial charge in [-0.25, -0.2) is 9.97 Å². The van der Waals surface area contributed by atoms with E-state index < -0.39 is 11.7 Å². The maximum absolute atomic E-state index is 12.6. The van der Waals surface area contributed by atoms with E-state index in [0.717, 1.165) is 12.1 Å². The highest BCUT2D eigenvalue weighted by atomic mass is 19.4. The monoisotopic (exact) mass is 330 g/mol. The average Bonchev–Trinajstić information content (AvgIpc) is 2.57. The lowest BCUT2D eigenvalue weighted by Crippen LogP contribution is -2.04. The number of nitrogen functional groups attached to an aromatic ring is 1. The van der Waals surface area contributed by atoms with Crippen LogP contribution in [0.1, 0.15) is 5.56 Å². The molecule has 3 aromatic rings. The van der Waals surface area contributed by atoms with E-state index in [9.17, 15) is 13.2 Å². The number of hydrogen-bond acceptors (Lipinski definition) is 4. The number of nitrogens with one attached hydrogen (secondary N) is 1. The zero-order valence-electron chi connectivity index (χ0n) is 12.4. The minimum Gasteiger partial charge on any atom is -0.399 e. The second-order valence-electron chi connectivity index (χ2n) is 5.08. The van der Waals surface area contributed by atoms with Crippen molar-refractivity contribution in [3.05, 3.63) is 66.5 Å². The molecule has 1 heterocycles. The summed E-state index contributed by atoms with van der Waals surface area (Å²) in [5.74, 6) is 0.471. The van der Waals surface area contributed by atoms with E-state index in [2.05, 4.69) is 15.3 Å². The van der Waals surface area contributed by atoms with Gasteiger partial charge < -0.3 is 11.1 Å². The Morgan fingerprint density at radius 3 is 2.21 bits per heavy atom. The van der Waals surface area contributed by atoms with Gasteiger partial charge in [0.2, 0.25) is 0 Å². The number of aromatic nitrogens is 2. The summed E-state index contributed by atoms with van der Waals surface area (Å²) in [6.45, 7) is 0. The van der Waals surface area contributed by atoms with Crippen LogP contribution in [0.2, 0.25) is 0 Å². The number of hydrogen-bond donors (Lipinski definition) is 2. The molecule has 0 aliphatic carbocycles. The molecule has 2 aromatic carbocycles. The largest absolute Gasteiger partial charge is 0.416 e. The summed E-state index contributed by atoms with van der Waals surface area (Å²) < 4.78 is 37.9. The molecule has 3 rings (SSSR count). The Morgan fingerprint density at radius 1 is 0.917 bits per heavy atom. The first-order valence-corrected chi connectivity index (χ1v) is 7.05. The maximum atomic E-state index is 12.6. The second kappa shape index (κ2) is 6.19. The van der Waals surface area contributed by atoms with Crippen molar-refractivity contribution in [1.82, 2.24) is 9.97 Å². The molecule has 0 spiro atoms. The number of rotatable bonds is 3. The van der Waals surface area contributed by atoms with Crippen molar-refractivity contribution in [2.24, 2.45) is 0 Å². The van der Waals surface area contributed by atoms with Gasteiger partial charge in [-0.05, 0) is 48.5 Å². The second-order valence-corrected chi connectivity index (χ2v) is 5.08. The molecule has 4 nitrogen and oxygen atoms in total. The molecule has 0 amide bonds. The molecule has 0 aliphatic rings. The minimum atomic E-state index is -4.36. The summed E-state index contributed by atoms with van der Waals surface area (Å²) in [4.78, 5) is 8.37. The third-order valence-electron chi connectivity index (χ3n) is 3.34. The Labute approximate surface area is 136 Å². The standard InChI is InChI=1S/C17H13F3N4/c18-17(19,20)11-2-5-13(6-3-11)24-15-7-4-12(21)10-14(15)16-22-8-1-9-23-16/h1-10,24H,21H2. The molecule has 0 bridgehead atoms. The van der Waals surface area contributed by atoms with Crippen LogP contribution < -0.4 is 11.1 Å². The highest BCUT2D eigenvalue weighted by Gasteiger charge is 2.29. The molecule has 0 radical (unpaired) electrons. The van der Waals surface area contributed by atoms with Crippen LogP contribution in [0.3, 0.4) is 0 Å². The number of nitrogens with two attached hydrogens (primary N) is 1. The molecule has 3 N–H and O–H groups in total. The van der Waals surface area contributed by atoms with E-state index in [1.165, 1.54) is 12.1 Å². The molecule has 0 unspecified atom stereocenters. The fraction of sp³-hybridized carbons (Fsp3) is 0.0588. The molecule has 0 atom stereocenters. The molecule has 7 heteroatoms. The van der Waals surface area contributed by atoms with Gasteiger partial charge in [-0.15, -0.1) is 0 Å². The smallest absolute Gasteiger partial charge is 0.399 e. The van der Waals surface area contributed by atoms with Crippen LogP contribution in [0.4, 0.5) is 30.2 Å². The van der Waals surface area contributed by atoms with Crippen LogP contribution in [-0.2, 0) is 6.18 Å². The van der Waals surface area contributed by atoms with Crippen molar-refractivity contribution in [3.8, 4) is 11.4 Å². The van der Waals surface area contributed by atoms with E-state index in [4.69, 9.17) is 5.73 Å². The summed E-state index contributed by atoms with van der Waals surface area (Å²) >= 11 is 0. The third kappa shape index (κ3) is 3.45. The normalized spacial score (nSPS) is 11.3. The predicted octanol–water partition coefficient (Wildman–Crippen LogP) is 4.49. The lowest BCUT2D eigenvalue weighted by Gasteiger charge is -2.13. The quantitative estimate of drug-likeness (QED) is 0.695. The first-order valence-electron chi connectivity index (χ1n) is 7.05. The lowest BCUT2D eigenvalue weighted by molar-refractivity contribution is -0.137. The van der Waals surface area contributed by atoms with E-state index >= 15 is 0 Å². The van der Waals surface area contributed by atoms with Crippen molar-refractivity contribution < 1.29 is 13.2 Å². The Hall–Kier alpha value is -3.09. The van der Waals surface area contributed by atoms with Crippen molar-refractivity contribution in [2.75, 3.05) is 11.1 Å². The fourth-order valence-electron chi connectivity index (χ4n) is 2.19. The molecule has 0 aliphatic heterocycles. The van der Waals surface area contributed by atoms with Crippen LogP contribution in [0.25, 0.3) is 11.4 Å². The van der Waals surface area contributed by atoms with Crippen LogP contribution in [0.5, 0.6) is 0 Å². The van der Waals surface area contributed by atoms with E-state index in [0.29, 0.717) is 28.5 Å². The van der Waals surface area contributed by atoms with Crippen molar-refractivity contribution in [1.29, 1.82) is 0 Å². The summed E-state index contributed by atoms with van der Waals surface area (Å²) in [6.07, 6.45) is -1.15. The predicted molar refractivity (Wildman–Crippen MR) is 86.6 cm³/mol. The summed E-state index contributed by atoms with van der Waals surface area (Å²) in [5, 5.41) is 3.07. The van der Waals surface area contributed by atoms with Crippen LogP contribution in [0, 0.1) is 0 Å². The van der Waals surface area contributed by atoms with Gasteiger partial charge in [0, 0.05) is 35.0 Å². The average molecular weight is 330 g/mol. The Bertz CT molecular complexity index is 831. The summed E-state index contributed by atoms with van der Waals surface area (Å²) in [5.41, 5.74) is 7.49. The first kappa shape index (κ1) is 15.8. The zero-order chi connectivity index (χ0) is 17.2. The Morgan fingerprint density at radius 2 is 1.58 bits per heavy atom. The number of anilines is 3. The van der Waals surface area contributed by atoms with Crippen LogP contribution >= 0.6 is 0 Å². The highest BCUT2D eigenvalue weighted by Crippen LogP contribution is 2.32. The topological polar surface area (TPSA) is 63.8 Å². The zero-order valence-corrected chi connectivity index (χ0v) is 12.4. The lowest BCUT2D eigenvalue weighted by atomic mass is 10.1. The van der Waals surface area contributed by atoms with Gasteiger partial charge in [0.25, 0.3) is 0 Å². The van der Waals surface area contributed by atoms with Gasteiger partial charge in [-0.3, -0.25) is 0 Å². The van der Waals surface area contributed by atoms with Crippen LogP contribution in [0.15, 0.2) is 60.9 Å². The van der Waals surface area contributed by atoms with Gasteiger partial charge in [0.1, 0.15) is 0 Å². The molecule has 1 aromatic heterocycles. The summed E-state index contributed by atoms with van der Waals surface area (Å²) in [7, 11) is 0. The number of halogens is 3. The van der Waals surface area contributed by atoms with Crippen molar-refractivity contribution >= 4 is 17.1 Å². The van der Waals surface area contributed by atoms with Gasteiger partial charge in [0.05, 0.1) is 5.56 Å². The van der Waals surface area contributed by atoms with E-state index in [1.54, 1.807) is 36.7 Å². The fourth-order valence-corrected chi connectivity index (χ4v) is 2.19. The van der Waals surface area contributed by atoms with Crippen LogP contribution in [-0.4, -0.2) is 9.97 Å². The van der Waals surface area contributed by atoms with Gasteiger partial charge in [-0.2, -0.15) is 13.2 Å². The number of benzene rings is 2. The molecule has 24 heavy (non-hydrogen) atoms. The van der Waals surface area contributed by atoms with Gasteiger partial charge in [-0.1, -0.05) is 0 Å². The SMILES string of the molecule is Nc1ccc(Nc2ccc(C(F)(F)F)cc2)c(-c2ncccn2)c1. The molecular weight excluding hydrogens is 317 g/mol. The molecule has 0 fully saturated rings. The maximum Gasteiger partial charge on any atom is 0.416 e. The molecule has 0 saturated carbocycles. The third-order valence-corrected chi connectivity index (χ3v) is 3.34. The minimum absolute atomic E-state index is 0.471. The van der Waals surface area contributed by atoms with Crippen molar-refractivity contribution in [3.63, 3.8) is 0 Å². The molecular formula is C17H13F3N4. The molecule has 122 valence electrons. The van der Waals surface area contributed by atoms with E-state index in [1.807, 2.05) is 0 Å². The molecule has 0 saturated heterocycles. The number of alkyl halides is 3. The first-order chi connectivity index (χ1) is 11.4. The summed E-state index contributed by atoms with van der Waals surface area (Å²) in [6, 6.07) is 11.6. The van der Waals surface area contributed by atoms with Crippen molar-refractivity contribution in [2.45, 2.75) is 6.18 Å². The van der Waals surface area contributed by atoms with Gasteiger partial charge in [0.15, 0.2) is 5.82 Å². The number of nitrogens with zero attached hydrogens (tertiary/aromatic N) is 2. The Kier molecular flexibility index (Phi) is 4.07. The Balaban J connectivity index is 1.93.